The van der Waals surface area contributed by atoms with E-state index in [4.69, 9.17) is 22.1 Å². The van der Waals surface area contributed by atoms with Crippen molar-refractivity contribution in [2.24, 2.45) is 5.73 Å². The SMILES string of the molecule is COc1cc(C)c(C(=O)C(O)CN)cc1Cl. The number of ether oxygens (including phenoxy) is 1. The molecule has 1 aromatic rings. The highest BCUT2D eigenvalue weighted by Gasteiger charge is 2.19. The van der Waals surface area contributed by atoms with Crippen molar-refractivity contribution in [3.63, 3.8) is 0 Å². The zero-order valence-electron chi connectivity index (χ0n) is 9.16. The second kappa shape index (κ2) is 5.30. The number of halogens is 1. The van der Waals surface area contributed by atoms with Crippen LogP contribution in [0.15, 0.2) is 12.1 Å². The maximum absolute atomic E-state index is 11.7. The summed E-state index contributed by atoms with van der Waals surface area (Å²) in [4.78, 5) is 11.7. The van der Waals surface area contributed by atoms with E-state index >= 15 is 0 Å². The highest BCUT2D eigenvalue weighted by Crippen LogP contribution is 2.28. The molecule has 0 aliphatic carbocycles. The minimum atomic E-state index is -1.19. The van der Waals surface area contributed by atoms with Gasteiger partial charge < -0.3 is 15.6 Å². The molecule has 5 heteroatoms. The Hall–Kier alpha value is -1.10. The van der Waals surface area contributed by atoms with Crippen LogP contribution >= 0.6 is 11.6 Å². The van der Waals surface area contributed by atoms with E-state index in [9.17, 15) is 9.90 Å². The second-order valence-electron chi connectivity index (χ2n) is 3.42. The first kappa shape index (κ1) is 13.0. The lowest BCUT2D eigenvalue weighted by atomic mass is 10.0. The smallest absolute Gasteiger partial charge is 0.192 e. The molecule has 16 heavy (non-hydrogen) atoms. The van der Waals surface area contributed by atoms with E-state index in [1.807, 2.05) is 0 Å². The molecule has 1 unspecified atom stereocenters. The Bertz CT molecular complexity index is 406. The van der Waals surface area contributed by atoms with Crippen LogP contribution in [0.4, 0.5) is 0 Å². The van der Waals surface area contributed by atoms with Gasteiger partial charge in [0.15, 0.2) is 5.78 Å². The number of carbonyl (C=O) groups excluding carboxylic acids is 1. The molecular formula is C11H14ClNO3. The number of rotatable bonds is 4. The summed E-state index contributed by atoms with van der Waals surface area (Å²) in [6.07, 6.45) is -1.19. The molecule has 1 rings (SSSR count). The fourth-order valence-corrected chi connectivity index (χ4v) is 1.60. The maximum atomic E-state index is 11.7. The molecule has 4 nitrogen and oxygen atoms in total. The Morgan fingerprint density at radius 3 is 2.75 bits per heavy atom. The number of aliphatic hydroxyl groups excluding tert-OH is 1. The van der Waals surface area contributed by atoms with Gasteiger partial charge in [0.05, 0.1) is 12.1 Å². The van der Waals surface area contributed by atoms with Crippen molar-refractivity contribution in [2.45, 2.75) is 13.0 Å². The number of hydrogen-bond acceptors (Lipinski definition) is 4. The number of ketones is 1. The molecule has 0 fully saturated rings. The summed E-state index contributed by atoms with van der Waals surface area (Å²) in [6, 6.07) is 3.13. The van der Waals surface area contributed by atoms with E-state index in [0.717, 1.165) is 0 Å². The first-order chi connectivity index (χ1) is 7.51. The van der Waals surface area contributed by atoms with E-state index in [1.54, 1.807) is 13.0 Å². The lowest BCUT2D eigenvalue weighted by Gasteiger charge is -2.11. The molecule has 0 heterocycles. The van der Waals surface area contributed by atoms with Crippen LogP contribution in [0.5, 0.6) is 5.75 Å². The van der Waals surface area contributed by atoms with Gasteiger partial charge in [-0.15, -0.1) is 0 Å². The highest BCUT2D eigenvalue weighted by molar-refractivity contribution is 6.32. The van der Waals surface area contributed by atoms with Crippen LogP contribution in [0.2, 0.25) is 5.02 Å². The van der Waals surface area contributed by atoms with Gasteiger partial charge in [0, 0.05) is 12.1 Å². The molecule has 0 saturated carbocycles. The predicted molar refractivity (Wildman–Crippen MR) is 62.1 cm³/mol. The van der Waals surface area contributed by atoms with Crippen LogP contribution in [-0.4, -0.2) is 30.6 Å². The van der Waals surface area contributed by atoms with Gasteiger partial charge in [-0.2, -0.15) is 0 Å². The molecule has 0 spiro atoms. The summed E-state index contributed by atoms with van der Waals surface area (Å²) in [5.74, 6) is 0.0718. The van der Waals surface area contributed by atoms with Crippen molar-refractivity contribution >= 4 is 17.4 Å². The van der Waals surface area contributed by atoms with E-state index in [0.29, 0.717) is 21.9 Å². The fraction of sp³-hybridized carbons (Fsp3) is 0.364. The maximum Gasteiger partial charge on any atom is 0.192 e. The van der Waals surface area contributed by atoms with Crippen molar-refractivity contribution < 1.29 is 14.6 Å². The fourth-order valence-electron chi connectivity index (χ4n) is 1.36. The lowest BCUT2D eigenvalue weighted by Crippen LogP contribution is -2.29. The third-order valence-corrected chi connectivity index (χ3v) is 2.59. The van der Waals surface area contributed by atoms with Crippen molar-refractivity contribution in [3.05, 3.63) is 28.3 Å². The third kappa shape index (κ3) is 2.52. The molecule has 0 aliphatic heterocycles. The van der Waals surface area contributed by atoms with Gasteiger partial charge >= 0.3 is 0 Å². The molecule has 0 amide bonds. The van der Waals surface area contributed by atoms with E-state index in [-0.39, 0.29) is 6.54 Å². The minimum Gasteiger partial charge on any atom is -0.495 e. The summed E-state index contributed by atoms with van der Waals surface area (Å²) in [5.41, 5.74) is 6.28. The second-order valence-corrected chi connectivity index (χ2v) is 3.82. The number of nitrogens with two attached hydrogens (primary N) is 1. The number of aryl methyl sites for hydroxylation is 1. The molecule has 1 aromatic carbocycles. The van der Waals surface area contributed by atoms with Crippen LogP contribution in [-0.2, 0) is 0 Å². The van der Waals surface area contributed by atoms with Gasteiger partial charge in [-0.1, -0.05) is 11.6 Å². The molecular weight excluding hydrogens is 230 g/mol. The Morgan fingerprint density at radius 1 is 1.62 bits per heavy atom. The Labute approximate surface area is 99.0 Å². The highest BCUT2D eigenvalue weighted by atomic mass is 35.5. The zero-order chi connectivity index (χ0) is 12.3. The van der Waals surface area contributed by atoms with E-state index in [2.05, 4.69) is 0 Å². The largest absolute Gasteiger partial charge is 0.495 e. The summed E-state index contributed by atoms with van der Waals surface area (Å²) >= 11 is 5.90. The molecule has 0 saturated heterocycles. The Morgan fingerprint density at radius 2 is 2.25 bits per heavy atom. The van der Waals surface area contributed by atoms with Crippen LogP contribution in [0, 0.1) is 6.92 Å². The summed E-state index contributed by atoms with van der Waals surface area (Å²) in [5, 5.41) is 9.71. The van der Waals surface area contributed by atoms with Crippen LogP contribution in [0.25, 0.3) is 0 Å². The van der Waals surface area contributed by atoms with Gasteiger partial charge in [0.25, 0.3) is 0 Å². The van der Waals surface area contributed by atoms with Crippen molar-refractivity contribution in [1.82, 2.24) is 0 Å². The minimum absolute atomic E-state index is 0.109. The van der Waals surface area contributed by atoms with Gasteiger partial charge in [-0.05, 0) is 24.6 Å². The molecule has 3 N–H and O–H groups in total. The number of benzene rings is 1. The van der Waals surface area contributed by atoms with E-state index < -0.39 is 11.9 Å². The first-order valence-electron chi connectivity index (χ1n) is 4.77. The molecule has 1 atom stereocenters. The van der Waals surface area contributed by atoms with Crippen molar-refractivity contribution in [1.29, 1.82) is 0 Å². The number of aliphatic hydroxyl groups is 1. The van der Waals surface area contributed by atoms with E-state index in [1.165, 1.54) is 13.2 Å². The standard InChI is InChI=1S/C11H14ClNO3/c1-6-3-10(16-2)8(12)4-7(6)11(15)9(14)5-13/h3-4,9,14H,5,13H2,1-2H3. The van der Waals surface area contributed by atoms with Gasteiger partial charge in [-0.3, -0.25) is 4.79 Å². The monoisotopic (exact) mass is 243 g/mol. The molecule has 0 aromatic heterocycles. The first-order valence-corrected chi connectivity index (χ1v) is 5.15. The number of Topliss-reactive ketones (excluding diaryl/α,β-unsaturated/α-hetero) is 1. The number of carbonyl (C=O) groups is 1. The third-order valence-electron chi connectivity index (χ3n) is 2.29. The quantitative estimate of drug-likeness (QED) is 0.779. The number of methoxy groups -OCH3 is 1. The van der Waals surface area contributed by atoms with Crippen molar-refractivity contribution in [2.75, 3.05) is 13.7 Å². The van der Waals surface area contributed by atoms with Gasteiger partial charge in [-0.25, -0.2) is 0 Å². The summed E-state index contributed by atoms with van der Waals surface area (Å²) in [7, 11) is 1.50. The average Bonchev–Trinajstić information content (AvgIpc) is 2.29. The number of hydrogen-bond donors (Lipinski definition) is 2. The molecule has 0 radical (unpaired) electrons. The summed E-state index contributed by atoms with van der Waals surface area (Å²) < 4.78 is 5.02. The normalized spacial score (nSPS) is 12.3. The van der Waals surface area contributed by atoms with Crippen LogP contribution < -0.4 is 10.5 Å². The lowest BCUT2D eigenvalue weighted by molar-refractivity contribution is 0.0762. The average molecular weight is 244 g/mol. The van der Waals surface area contributed by atoms with Crippen molar-refractivity contribution in [3.8, 4) is 5.75 Å². The predicted octanol–water partition coefficient (Wildman–Crippen LogP) is 1.16. The summed E-state index contributed by atoms with van der Waals surface area (Å²) in [6.45, 7) is 1.64. The molecule has 0 aliphatic rings. The van der Waals surface area contributed by atoms with Gasteiger partial charge in [0.2, 0.25) is 0 Å². The zero-order valence-corrected chi connectivity index (χ0v) is 9.91. The van der Waals surface area contributed by atoms with Crippen LogP contribution in [0.1, 0.15) is 15.9 Å². The van der Waals surface area contributed by atoms with Gasteiger partial charge in [0.1, 0.15) is 11.9 Å². The molecule has 0 bridgehead atoms. The van der Waals surface area contributed by atoms with Crippen LogP contribution in [0.3, 0.4) is 0 Å². The molecule has 88 valence electrons. The Kier molecular flexibility index (Phi) is 4.29. The Balaban J connectivity index is 3.16. The topological polar surface area (TPSA) is 72.5 Å².